The number of likely N-dealkylation sites (N-methyl/N-ethyl adjacent to an activating group) is 1. The molecular formula is C19H21N5O. The monoisotopic (exact) mass is 335 g/mol. The van der Waals surface area contributed by atoms with Gasteiger partial charge in [0.15, 0.2) is 0 Å². The van der Waals surface area contributed by atoms with Gasteiger partial charge in [0.25, 0.3) is 0 Å². The SMILES string of the molecule is CN1C(=O)C[C@@H](NCc2nc3ccccc3n2C)[C@@H]1c1cccnc1. The smallest absolute Gasteiger partial charge is 0.224 e. The molecule has 3 aromatic rings. The first kappa shape index (κ1) is 15.8. The molecule has 128 valence electrons. The first-order chi connectivity index (χ1) is 12.1. The number of carbonyl (C=O) groups excluding carboxylic acids is 1. The fourth-order valence-corrected chi connectivity index (χ4v) is 3.64. The number of aryl methyl sites for hydroxylation is 1. The van der Waals surface area contributed by atoms with E-state index in [9.17, 15) is 4.79 Å². The Balaban J connectivity index is 1.56. The fourth-order valence-electron chi connectivity index (χ4n) is 3.64. The number of amides is 1. The molecule has 0 bridgehead atoms. The second-order valence-electron chi connectivity index (χ2n) is 6.50. The highest BCUT2D eigenvalue weighted by atomic mass is 16.2. The van der Waals surface area contributed by atoms with Gasteiger partial charge in [-0.05, 0) is 23.8 Å². The van der Waals surface area contributed by atoms with E-state index < -0.39 is 0 Å². The van der Waals surface area contributed by atoms with Gasteiger partial charge in [0.05, 0.1) is 23.6 Å². The lowest BCUT2D eigenvalue weighted by molar-refractivity contribution is -0.127. The van der Waals surface area contributed by atoms with Crippen LogP contribution in [0.1, 0.15) is 23.9 Å². The number of aromatic nitrogens is 3. The lowest BCUT2D eigenvalue weighted by Crippen LogP contribution is -2.35. The molecule has 2 aromatic heterocycles. The van der Waals surface area contributed by atoms with E-state index in [1.807, 2.05) is 55.5 Å². The van der Waals surface area contributed by atoms with Crippen molar-refractivity contribution in [3.8, 4) is 0 Å². The van der Waals surface area contributed by atoms with E-state index in [4.69, 9.17) is 4.98 Å². The molecule has 25 heavy (non-hydrogen) atoms. The Morgan fingerprint density at radius 2 is 2.04 bits per heavy atom. The number of nitrogens with one attached hydrogen (secondary N) is 1. The van der Waals surface area contributed by atoms with Crippen LogP contribution in [0.5, 0.6) is 0 Å². The number of rotatable bonds is 4. The van der Waals surface area contributed by atoms with Crippen LogP contribution < -0.4 is 5.32 Å². The number of imidazole rings is 1. The number of carbonyl (C=O) groups is 1. The summed E-state index contributed by atoms with van der Waals surface area (Å²) in [5.74, 6) is 1.12. The molecule has 0 saturated carbocycles. The van der Waals surface area contributed by atoms with Crippen molar-refractivity contribution < 1.29 is 4.79 Å². The van der Waals surface area contributed by atoms with Gasteiger partial charge < -0.3 is 14.8 Å². The van der Waals surface area contributed by atoms with Crippen molar-refractivity contribution >= 4 is 16.9 Å². The van der Waals surface area contributed by atoms with E-state index >= 15 is 0 Å². The highest BCUT2D eigenvalue weighted by molar-refractivity contribution is 5.80. The molecule has 1 aliphatic rings. The van der Waals surface area contributed by atoms with E-state index in [0.717, 1.165) is 22.4 Å². The van der Waals surface area contributed by atoms with Crippen LogP contribution in [0.15, 0.2) is 48.8 Å². The number of para-hydroxylation sites is 2. The van der Waals surface area contributed by atoms with Gasteiger partial charge in [-0.15, -0.1) is 0 Å². The first-order valence-corrected chi connectivity index (χ1v) is 8.44. The summed E-state index contributed by atoms with van der Waals surface area (Å²) in [4.78, 5) is 22.9. The van der Waals surface area contributed by atoms with Crippen molar-refractivity contribution in [2.24, 2.45) is 7.05 Å². The number of likely N-dealkylation sites (tertiary alicyclic amines) is 1. The van der Waals surface area contributed by atoms with Crippen LogP contribution in [0.2, 0.25) is 0 Å². The molecule has 1 N–H and O–H groups in total. The molecule has 2 atom stereocenters. The molecule has 6 heteroatoms. The van der Waals surface area contributed by atoms with E-state index in [1.54, 1.807) is 6.20 Å². The maximum absolute atomic E-state index is 12.2. The maximum atomic E-state index is 12.2. The molecule has 0 aliphatic carbocycles. The molecule has 1 fully saturated rings. The van der Waals surface area contributed by atoms with Crippen LogP contribution in [0.3, 0.4) is 0 Å². The number of fused-ring (bicyclic) bond motifs is 1. The Bertz CT molecular complexity index is 905. The zero-order chi connectivity index (χ0) is 17.4. The number of benzene rings is 1. The Hall–Kier alpha value is -2.73. The van der Waals surface area contributed by atoms with Gasteiger partial charge in [-0.3, -0.25) is 9.78 Å². The van der Waals surface area contributed by atoms with Crippen LogP contribution in [0.4, 0.5) is 0 Å². The Kier molecular flexibility index (Phi) is 3.97. The minimum absolute atomic E-state index is 0.00381. The lowest BCUT2D eigenvalue weighted by Gasteiger charge is -2.25. The normalized spacial score (nSPS) is 20.6. The standard InChI is InChI=1S/C19H21N5O/c1-23-16-8-4-3-7-14(16)22-17(23)12-21-15-10-18(25)24(2)19(15)13-6-5-9-20-11-13/h3-9,11,15,19,21H,10,12H2,1-2H3/t15-,19+/m1/s1. The predicted molar refractivity (Wildman–Crippen MR) is 95.7 cm³/mol. The van der Waals surface area contributed by atoms with Crippen LogP contribution in [0.25, 0.3) is 11.0 Å². The van der Waals surface area contributed by atoms with Gasteiger partial charge in [0, 0.05) is 39.0 Å². The van der Waals surface area contributed by atoms with Crippen LogP contribution >= 0.6 is 0 Å². The summed E-state index contributed by atoms with van der Waals surface area (Å²) in [6.45, 7) is 0.619. The molecular weight excluding hydrogens is 314 g/mol. The molecule has 4 rings (SSSR count). The van der Waals surface area contributed by atoms with Crippen LogP contribution in [0, 0.1) is 0 Å². The lowest BCUT2D eigenvalue weighted by atomic mass is 10.0. The van der Waals surface area contributed by atoms with Crippen molar-refractivity contribution in [2.75, 3.05) is 7.05 Å². The average molecular weight is 335 g/mol. The van der Waals surface area contributed by atoms with Crippen LogP contribution in [-0.2, 0) is 18.4 Å². The van der Waals surface area contributed by atoms with Crippen molar-refractivity contribution in [3.05, 3.63) is 60.2 Å². The summed E-state index contributed by atoms with van der Waals surface area (Å²) >= 11 is 0. The summed E-state index contributed by atoms with van der Waals surface area (Å²) in [6.07, 6.45) is 4.08. The average Bonchev–Trinajstić information content (AvgIpc) is 3.11. The largest absolute Gasteiger partial charge is 0.337 e. The third-order valence-electron chi connectivity index (χ3n) is 5.01. The summed E-state index contributed by atoms with van der Waals surface area (Å²) in [6, 6.07) is 12.1. The Labute approximate surface area is 146 Å². The van der Waals surface area contributed by atoms with Crippen LogP contribution in [-0.4, -0.2) is 38.4 Å². The second-order valence-corrected chi connectivity index (χ2v) is 6.50. The molecule has 1 aliphatic heterocycles. The number of pyridine rings is 1. The van der Waals surface area contributed by atoms with E-state index in [1.165, 1.54) is 0 Å². The summed E-state index contributed by atoms with van der Waals surface area (Å²) in [5.41, 5.74) is 3.16. The Morgan fingerprint density at radius 1 is 1.20 bits per heavy atom. The maximum Gasteiger partial charge on any atom is 0.224 e. The molecule has 1 saturated heterocycles. The zero-order valence-electron chi connectivity index (χ0n) is 14.4. The number of hydrogen-bond acceptors (Lipinski definition) is 4. The van der Waals surface area contributed by atoms with Gasteiger partial charge in [-0.2, -0.15) is 0 Å². The molecule has 6 nitrogen and oxygen atoms in total. The summed E-state index contributed by atoms with van der Waals surface area (Å²) in [5, 5.41) is 3.54. The van der Waals surface area contributed by atoms with Gasteiger partial charge in [0.1, 0.15) is 5.82 Å². The van der Waals surface area contributed by atoms with Gasteiger partial charge in [-0.25, -0.2) is 4.98 Å². The molecule has 0 radical (unpaired) electrons. The van der Waals surface area contributed by atoms with E-state index in [0.29, 0.717) is 13.0 Å². The highest BCUT2D eigenvalue weighted by Gasteiger charge is 2.38. The third-order valence-corrected chi connectivity index (χ3v) is 5.01. The van der Waals surface area contributed by atoms with Crippen molar-refractivity contribution in [1.82, 2.24) is 24.8 Å². The Morgan fingerprint density at radius 3 is 2.80 bits per heavy atom. The van der Waals surface area contributed by atoms with Gasteiger partial charge >= 0.3 is 0 Å². The number of nitrogens with zero attached hydrogens (tertiary/aromatic N) is 4. The third kappa shape index (κ3) is 2.78. The zero-order valence-corrected chi connectivity index (χ0v) is 14.4. The second kappa shape index (κ2) is 6.29. The van der Waals surface area contributed by atoms with E-state index in [-0.39, 0.29) is 18.0 Å². The summed E-state index contributed by atoms with van der Waals surface area (Å²) < 4.78 is 2.10. The fraction of sp³-hybridized carbons (Fsp3) is 0.316. The molecule has 3 heterocycles. The topological polar surface area (TPSA) is 63.1 Å². The highest BCUT2D eigenvalue weighted by Crippen LogP contribution is 2.31. The number of hydrogen-bond donors (Lipinski definition) is 1. The van der Waals surface area contributed by atoms with E-state index in [2.05, 4.69) is 20.9 Å². The molecule has 1 aromatic carbocycles. The first-order valence-electron chi connectivity index (χ1n) is 8.44. The molecule has 0 spiro atoms. The predicted octanol–water partition coefficient (Wildman–Crippen LogP) is 2.03. The molecule has 1 amide bonds. The van der Waals surface area contributed by atoms with Crippen molar-refractivity contribution in [2.45, 2.75) is 25.0 Å². The van der Waals surface area contributed by atoms with Crippen molar-refractivity contribution in [3.63, 3.8) is 0 Å². The van der Waals surface area contributed by atoms with Crippen molar-refractivity contribution in [1.29, 1.82) is 0 Å². The minimum Gasteiger partial charge on any atom is -0.337 e. The molecule has 0 unspecified atom stereocenters. The van der Waals surface area contributed by atoms with Gasteiger partial charge in [-0.1, -0.05) is 18.2 Å². The quantitative estimate of drug-likeness (QED) is 0.792. The van der Waals surface area contributed by atoms with Gasteiger partial charge in [0.2, 0.25) is 5.91 Å². The summed E-state index contributed by atoms with van der Waals surface area (Å²) in [7, 11) is 3.88. The minimum atomic E-state index is -0.00381.